The number of hydrogen-bond donors (Lipinski definition) is 2. The summed E-state index contributed by atoms with van der Waals surface area (Å²) in [6.45, 7) is -0.357. The molecule has 1 aliphatic heterocycles. The molecule has 9 heteroatoms. The highest BCUT2D eigenvalue weighted by Gasteiger charge is 2.33. The van der Waals surface area contributed by atoms with Crippen LogP contribution in [0.2, 0.25) is 0 Å². The van der Waals surface area contributed by atoms with Crippen LogP contribution in [0.25, 0.3) is 0 Å². The molecule has 1 unspecified atom stereocenters. The van der Waals surface area contributed by atoms with Crippen LogP contribution in [0, 0.1) is 0 Å². The molecular formula is C13H15F3N2O3S. The van der Waals surface area contributed by atoms with Crippen molar-refractivity contribution in [3.05, 3.63) is 29.8 Å². The van der Waals surface area contributed by atoms with Crippen LogP contribution in [-0.4, -0.2) is 38.4 Å². The zero-order valence-electron chi connectivity index (χ0n) is 11.5. The molecule has 1 aromatic carbocycles. The van der Waals surface area contributed by atoms with Gasteiger partial charge in [-0.2, -0.15) is 13.2 Å². The van der Waals surface area contributed by atoms with Crippen LogP contribution >= 0.6 is 0 Å². The van der Waals surface area contributed by atoms with Gasteiger partial charge in [-0.3, -0.25) is 4.79 Å². The van der Waals surface area contributed by atoms with E-state index in [-0.39, 0.29) is 23.7 Å². The molecule has 1 atom stereocenters. The van der Waals surface area contributed by atoms with E-state index in [0.29, 0.717) is 6.42 Å². The maximum Gasteiger partial charge on any atom is 0.418 e. The Morgan fingerprint density at radius 3 is 2.55 bits per heavy atom. The van der Waals surface area contributed by atoms with E-state index >= 15 is 0 Å². The Morgan fingerprint density at radius 1 is 1.27 bits per heavy atom. The van der Waals surface area contributed by atoms with E-state index in [1.807, 2.05) is 0 Å². The van der Waals surface area contributed by atoms with Crippen LogP contribution in [0.15, 0.2) is 24.3 Å². The Kier molecular flexibility index (Phi) is 4.64. The van der Waals surface area contributed by atoms with E-state index < -0.39 is 33.5 Å². The van der Waals surface area contributed by atoms with Gasteiger partial charge in [0.05, 0.1) is 23.6 Å². The van der Waals surface area contributed by atoms with Crippen molar-refractivity contribution in [3.63, 3.8) is 0 Å². The van der Waals surface area contributed by atoms with Gasteiger partial charge in [-0.25, -0.2) is 8.42 Å². The lowest BCUT2D eigenvalue weighted by atomic mass is 10.1. The highest BCUT2D eigenvalue weighted by atomic mass is 32.2. The Balaban J connectivity index is 1.92. The predicted octanol–water partition coefficient (Wildman–Crippen LogP) is 1.42. The molecule has 0 spiro atoms. The van der Waals surface area contributed by atoms with E-state index in [4.69, 9.17) is 0 Å². The second kappa shape index (κ2) is 6.15. The molecule has 1 amide bonds. The van der Waals surface area contributed by atoms with Crippen molar-refractivity contribution < 1.29 is 26.4 Å². The number of hydrogen-bond acceptors (Lipinski definition) is 4. The second-order valence-electron chi connectivity index (χ2n) is 5.06. The Labute approximate surface area is 125 Å². The second-order valence-corrected chi connectivity index (χ2v) is 7.29. The number of benzene rings is 1. The van der Waals surface area contributed by atoms with E-state index in [2.05, 4.69) is 10.6 Å². The fourth-order valence-electron chi connectivity index (χ4n) is 2.25. The zero-order chi connectivity index (χ0) is 16.4. The molecule has 0 saturated carbocycles. The van der Waals surface area contributed by atoms with Crippen molar-refractivity contribution in [1.29, 1.82) is 0 Å². The standard InChI is InChI=1S/C13H15F3N2O3S/c14-13(15,16)10-3-1-2-4-11(10)17-7-12(19)18-9-5-6-22(20,21)8-9/h1-4,9,17H,5-8H2,(H,18,19). The number of nitrogens with one attached hydrogen (secondary N) is 2. The van der Waals surface area contributed by atoms with Gasteiger partial charge in [0.15, 0.2) is 9.84 Å². The van der Waals surface area contributed by atoms with Crippen molar-refractivity contribution in [2.45, 2.75) is 18.6 Å². The highest BCUT2D eigenvalue weighted by molar-refractivity contribution is 7.91. The predicted molar refractivity (Wildman–Crippen MR) is 75.1 cm³/mol. The fourth-order valence-corrected chi connectivity index (χ4v) is 3.92. The average Bonchev–Trinajstić information content (AvgIpc) is 2.75. The van der Waals surface area contributed by atoms with Crippen LogP contribution in [-0.2, 0) is 20.8 Å². The smallest absolute Gasteiger partial charge is 0.376 e. The number of amides is 1. The van der Waals surface area contributed by atoms with E-state index in [9.17, 15) is 26.4 Å². The molecule has 1 fully saturated rings. The highest BCUT2D eigenvalue weighted by Crippen LogP contribution is 2.34. The summed E-state index contributed by atoms with van der Waals surface area (Å²) in [6.07, 6.45) is -4.19. The van der Waals surface area contributed by atoms with E-state index in [0.717, 1.165) is 6.07 Å². The number of sulfone groups is 1. The molecule has 122 valence electrons. The van der Waals surface area contributed by atoms with Gasteiger partial charge in [0.1, 0.15) is 0 Å². The summed E-state index contributed by atoms with van der Waals surface area (Å²) in [6, 6.07) is 4.37. The summed E-state index contributed by atoms with van der Waals surface area (Å²) in [5, 5.41) is 4.93. The van der Waals surface area contributed by atoms with Gasteiger partial charge >= 0.3 is 6.18 Å². The third-order valence-electron chi connectivity index (χ3n) is 3.27. The quantitative estimate of drug-likeness (QED) is 0.872. The van der Waals surface area contributed by atoms with Crippen molar-refractivity contribution in [2.24, 2.45) is 0 Å². The molecule has 1 aliphatic rings. The molecule has 0 radical (unpaired) electrons. The Hall–Kier alpha value is -1.77. The van der Waals surface area contributed by atoms with Gasteiger partial charge in [-0.1, -0.05) is 12.1 Å². The molecule has 2 rings (SSSR count). The summed E-state index contributed by atoms with van der Waals surface area (Å²) in [7, 11) is -3.12. The number of halogens is 3. The zero-order valence-corrected chi connectivity index (χ0v) is 12.3. The summed E-state index contributed by atoms with van der Waals surface area (Å²) >= 11 is 0. The third kappa shape index (κ3) is 4.36. The molecule has 1 saturated heterocycles. The summed E-state index contributed by atoms with van der Waals surface area (Å²) in [5.41, 5.74) is -1.05. The molecular weight excluding hydrogens is 321 g/mol. The van der Waals surface area contributed by atoms with Crippen molar-refractivity contribution in [2.75, 3.05) is 23.4 Å². The summed E-state index contributed by atoms with van der Waals surface area (Å²) in [5.74, 6) is -0.653. The molecule has 0 aliphatic carbocycles. The normalized spacial score (nSPS) is 20.6. The number of para-hydroxylation sites is 1. The molecule has 1 aromatic rings. The minimum Gasteiger partial charge on any atom is -0.376 e. The number of carbonyl (C=O) groups excluding carboxylic acids is 1. The fraction of sp³-hybridized carbons (Fsp3) is 0.462. The molecule has 1 heterocycles. The number of rotatable bonds is 4. The molecule has 22 heavy (non-hydrogen) atoms. The monoisotopic (exact) mass is 336 g/mol. The lowest BCUT2D eigenvalue weighted by Crippen LogP contribution is -2.39. The Bertz CT molecular complexity index is 659. The largest absolute Gasteiger partial charge is 0.418 e. The first-order valence-corrected chi connectivity index (χ1v) is 8.39. The van der Waals surface area contributed by atoms with Crippen molar-refractivity contribution in [3.8, 4) is 0 Å². The van der Waals surface area contributed by atoms with E-state index in [1.165, 1.54) is 18.2 Å². The van der Waals surface area contributed by atoms with Gasteiger partial charge in [-0.05, 0) is 18.6 Å². The number of carbonyl (C=O) groups is 1. The van der Waals surface area contributed by atoms with Gasteiger partial charge in [-0.15, -0.1) is 0 Å². The Morgan fingerprint density at radius 2 is 1.95 bits per heavy atom. The first-order chi connectivity index (χ1) is 10.2. The number of anilines is 1. The minimum atomic E-state index is -4.51. The SMILES string of the molecule is O=C(CNc1ccccc1C(F)(F)F)NC1CCS(=O)(=O)C1. The molecule has 5 nitrogen and oxygen atoms in total. The average molecular weight is 336 g/mol. The van der Waals surface area contributed by atoms with Crippen molar-refractivity contribution >= 4 is 21.4 Å². The molecule has 2 N–H and O–H groups in total. The van der Waals surface area contributed by atoms with Crippen molar-refractivity contribution in [1.82, 2.24) is 5.32 Å². The summed E-state index contributed by atoms with van der Waals surface area (Å²) < 4.78 is 60.9. The van der Waals surface area contributed by atoms with E-state index in [1.54, 1.807) is 0 Å². The maximum atomic E-state index is 12.8. The van der Waals surface area contributed by atoms with Crippen LogP contribution in [0.3, 0.4) is 0 Å². The maximum absolute atomic E-state index is 12.8. The summed E-state index contributed by atoms with van der Waals surface area (Å²) in [4.78, 5) is 11.7. The minimum absolute atomic E-state index is 0.0162. The van der Waals surface area contributed by atoms with Crippen LogP contribution in [0.5, 0.6) is 0 Å². The van der Waals surface area contributed by atoms with Crippen LogP contribution in [0.1, 0.15) is 12.0 Å². The molecule has 0 bridgehead atoms. The first kappa shape index (κ1) is 16.6. The first-order valence-electron chi connectivity index (χ1n) is 6.57. The van der Waals surface area contributed by atoms with Crippen LogP contribution < -0.4 is 10.6 Å². The molecule has 0 aromatic heterocycles. The number of alkyl halides is 3. The third-order valence-corrected chi connectivity index (χ3v) is 5.04. The lowest BCUT2D eigenvalue weighted by molar-refractivity contribution is -0.137. The van der Waals surface area contributed by atoms with Gasteiger partial charge in [0.25, 0.3) is 0 Å². The van der Waals surface area contributed by atoms with Gasteiger partial charge < -0.3 is 10.6 Å². The van der Waals surface area contributed by atoms with Gasteiger partial charge in [0, 0.05) is 11.7 Å². The van der Waals surface area contributed by atoms with Crippen LogP contribution in [0.4, 0.5) is 18.9 Å². The topological polar surface area (TPSA) is 75.3 Å². The van der Waals surface area contributed by atoms with Gasteiger partial charge in [0.2, 0.25) is 5.91 Å². The lowest BCUT2D eigenvalue weighted by Gasteiger charge is -2.15.